The summed E-state index contributed by atoms with van der Waals surface area (Å²) in [7, 11) is -3.90. The van der Waals surface area contributed by atoms with Gasteiger partial charge < -0.3 is 10.6 Å². The van der Waals surface area contributed by atoms with Crippen LogP contribution in [-0.2, 0) is 15.4 Å². The molecule has 2 aromatic carbocycles. The highest BCUT2D eigenvalue weighted by Crippen LogP contribution is 2.34. The third kappa shape index (κ3) is 5.60. The second kappa shape index (κ2) is 8.89. The first-order valence-electron chi connectivity index (χ1n) is 7.87. The molecule has 0 radical (unpaired) electrons. The van der Waals surface area contributed by atoms with Crippen LogP contribution in [0.25, 0.3) is 0 Å². The molecule has 0 aromatic heterocycles. The highest BCUT2D eigenvalue weighted by atomic mass is 79.9. The molecule has 0 amide bonds. The minimum atomic E-state index is -3.90. The zero-order valence-electron chi connectivity index (χ0n) is 13.9. The standard InChI is InChI=1S/C17H21BrClN3O2S/c1-2-3-8-21-15-9-12(11-18)10-16(25(20,23)24)17(15)22-14-6-4-13(19)5-7-14/h4-7,9-10,21-22H,2-3,8,11H2,1H3,(H2,20,23,24). The fourth-order valence-corrected chi connectivity index (χ4v) is 3.53. The number of unbranched alkanes of at least 4 members (excludes halogenated alkanes) is 1. The number of nitrogens with two attached hydrogens (primary N) is 1. The summed E-state index contributed by atoms with van der Waals surface area (Å²) >= 11 is 9.29. The van der Waals surface area contributed by atoms with Crippen molar-refractivity contribution >= 4 is 54.6 Å². The normalized spacial score (nSPS) is 11.4. The molecule has 0 atom stereocenters. The van der Waals surface area contributed by atoms with E-state index in [0.29, 0.717) is 21.7 Å². The van der Waals surface area contributed by atoms with E-state index >= 15 is 0 Å². The van der Waals surface area contributed by atoms with Crippen molar-refractivity contribution in [1.82, 2.24) is 0 Å². The van der Waals surface area contributed by atoms with Crippen LogP contribution < -0.4 is 15.8 Å². The zero-order valence-corrected chi connectivity index (χ0v) is 17.0. The highest BCUT2D eigenvalue weighted by Gasteiger charge is 2.19. The maximum Gasteiger partial charge on any atom is 0.240 e. The van der Waals surface area contributed by atoms with E-state index < -0.39 is 10.0 Å². The third-order valence-corrected chi connectivity index (χ3v) is 5.42. The summed E-state index contributed by atoms with van der Waals surface area (Å²) in [5, 5.41) is 13.0. The molecular weight excluding hydrogens is 426 g/mol. The van der Waals surface area contributed by atoms with Gasteiger partial charge in [-0.3, -0.25) is 0 Å². The first kappa shape index (κ1) is 20.0. The predicted octanol–water partition coefficient (Wildman–Crippen LogP) is 4.84. The number of sulfonamides is 1. The average molecular weight is 447 g/mol. The van der Waals surface area contributed by atoms with Crippen LogP contribution in [0.5, 0.6) is 0 Å². The largest absolute Gasteiger partial charge is 0.383 e. The van der Waals surface area contributed by atoms with Gasteiger partial charge in [0.1, 0.15) is 4.90 Å². The second-order valence-electron chi connectivity index (χ2n) is 5.61. The van der Waals surface area contributed by atoms with Crippen LogP contribution in [0.3, 0.4) is 0 Å². The molecular formula is C17H21BrClN3O2S. The van der Waals surface area contributed by atoms with E-state index in [1.807, 2.05) is 6.07 Å². The van der Waals surface area contributed by atoms with Crippen molar-refractivity contribution in [2.24, 2.45) is 5.14 Å². The highest BCUT2D eigenvalue weighted by molar-refractivity contribution is 9.08. The van der Waals surface area contributed by atoms with Crippen LogP contribution in [-0.4, -0.2) is 15.0 Å². The van der Waals surface area contributed by atoms with Crippen LogP contribution in [0, 0.1) is 0 Å². The average Bonchev–Trinajstić information content (AvgIpc) is 2.57. The van der Waals surface area contributed by atoms with Gasteiger partial charge in [-0.25, -0.2) is 13.6 Å². The molecule has 0 spiro atoms. The number of hydrogen-bond acceptors (Lipinski definition) is 4. The fourth-order valence-electron chi connectivity index (χ4n) is 2.32. The monoisotopic (exact) mass is 445 g/mol. The predicted molar refractivity (Wildman–Crippen MR) is 109 cm³/mol. The van der Waals surface area contributed by atoms with Crippen LogP contribution in [0.2, 0.25) is 5.02 Å². The summed E-state index contributed by atoms with van der Waals surface area (Å²) in [5.41, 5.74) is 2.68. The van der Waals surface area contributed by atoms with Gasteiger partial charge in [0.25, 0.3) is 0 Å². The molecule has 25 heavy (non-hydrogen) atoms. The Morgan fingerprint density at radius 2 is 1.88 bits per heavy atom. The molecule has 0 aliphatic carbocycles. The van der Waals surface area contributed by atoms with Gasteiger partial charge in [0.15, 0.2) is 0 Å². The minimum Gasteiger partial charge on any atom is -0.383 e. The van der Waals surface area contributed by atoms with Gasteiger partial charge in [0, 0.05) is 22.6 Å². The SMILES string of the molecule is CCCCNc1cc(CBr)cc(S(N)(=O)=O)c1Nc1ccc(Cl)cc1. The molecule has 2 aromatic rings. The van der Waals surface area contributed by atoms with Crippen molar-refractivity contribution in [1.29, 1.82) is 0 Å². The first-order valence-corrected chi connectivity index (χ1v) is 10.9. The number of anilines is 3. The Balaban J connectivity index is 2.52. The van der Waals surface area contributed by atoms with E-state index in [9.17, 15) is 8.42 Å². The van der Waals surface area contributed by atoms with E-state index in [2.05, 4.69) is 33.5 Å². The molecule has 0 aliphatic rings. The Kier molecular flexibility index (Phi) is 7.13. The summed E-state index contributed by atoms with van der Waals surface area (Å²) in [4.78, 5) is 0.0541. The molecule has 0 heterocycles. The Labute approximate surface area is 162 Å². The number of benzene rings is 2. The smallest absolute Gasteiger partial charge is 0.240 e. The Morgan fingerprint density at radius 3 is 2.44 bits per heavy atom. The lowest BCUT2D eigenvalue weighted by Crippen LogP contribution is -2.16. The molecule has 0 unspecified atom stereocenters. The van der Waals surface area contributed by atoms with Gasteiger partial charge in [-0.15, -0.1) is 0 Å². The molecule has 8 heteroatoms. The van der Waals surface area contributed by atoms with Gasteiger partial charge in [-0.05, 0) is 48.4 Å². The minimum absolute atomic E-state index is 0.0541. The van der Waals surface area contributed by atoms with Crippen LogP contribution in [0.4, 0.5) is 17.1 Å². The number of halogens is 2. The summed E-state index contributed by atoms with van der Waals surface area (Å²) in [5.74, 6) is 0. The molecule has 0 saturated carbocycles. The Morgan fingerprint density at radius 1 is 1.20 bits per heavy atom. The number of nitrogens with one attached hydrogen (secondary N) is 2. The summed E-state index contributed by atoms with van der Waals surface area (Å²) in [6.45, 7) is 2.83. The Bertz CT molecular complexity index is 827. The molecule has 0 saturated heterocycles. The van der Waals surface area contributed by atoms with Crippen molar-refractivity contribution in [3.8, 4) is 0 Å². The summed E-state index contributed by atoms with van der Waals surface area (Å²) in [6, 6.07) is 10.5. The van der Waals surface area contributed by atoms with E-state index in [4.69, 9.17) is 16.7 Å². The molecule has 0 bridgehead atoms. The van der Waals surface area contributed by atoms with Crippen molar-refractivity contribution in [2.75, 3.05) is 17.2 Å². The fraction of sp³-hybridized carbons (Fsp3) is 0.294. The zero-order chi connectivity index (χ0) is 18.4. The van der Waals surface area contributed by atoms with Crippen molar-refractivity contribution in [2.45, 2.75) is 30.0 Å². The molecule has 0 aliphatic heterocycles. The lowest BCUT2D eigenvalue weighted by Gasteiger charge is -2.18. The molecule has 2 rings (SSSR count). The topological polar surface area (TPSA) is 84.2 Å². The maximum absolute atomic E-state index is 12.1. The van der Waals surface area contributed by atoms with E-state index in [0.717, 1.165) is 30.6 Å². The van der Waals surface area contributed by atoms with E-state index in [1.165, 1.54) is 0 Å². The second-order valence-corrected chi connectivity index (χ2v) is 8.13. The Hall–Kier alpha value is -1.28. The van der Waals surface area contributed by atoms with Gasteiger partial charge in [0.05, 0.1) is 11.4 Å². The van der Waals surface area contributed by atoms with Gasteiger partial charge >= 0.3 is 0 Å². The number of alkyl halides is 1. The number of rotatable bonds is 8. The van der Waals surface area contributed by atoms with E-state index in [1.54, 1.807) is 30.3 Å². The molecule has 0 fully saturated rings. The van der Waals surface area contributed by atoms with Crippen LogP contribution in [0.1, 0.15) is 25.3 Å². The molecule has 4 N–H and O–H groups in total. The maximum atomic E-state index is 12.1. The summed E-state index contributed by atoms with van der Waals surface area (Å²) < 4.78 is 24.2. The number of hydrogen-bond donors (Lipinski definition) is 3. The van der Waals surface area contributed by atoms with Crippen molar-refractivity contribution in [3.05, 3.63) is 47.0 Å². The first-order chi connectivity index (χ1) is 11.8. The lowest BCUT2D eigenvalue weighted by molar-refractivity contribution is 0.598. The van der Waals surface area contributed by atoms with Crippen molar-refractivity contribution < 1.29 is 8.42 Å². The van der Waals surface area contributed by atoms with Gasteiger partial charge in [-0.1, -0.05) is 40.9 Å². The van der Waals surface area contributed by atoms with Gasteiger partial charge in [0.2, 0.25) is 10.0 Å². The quantitative estimate of drug-likeness (QED) is 0.400. The van der Waals surface area contributed by atoms with E-state index in [-0.39, 0.29) is 4.90 Å². The van der Waals surface area contributed by atoms with Crippen LogP contribution >= 0.6 is 27.5 Å². The number of primary sulfonamides is 1. The van der Waals surface area contributed by atoms with Gasteiger partial charge in [-0.2, -0.15) is 0 Å². The molecule has 5 nitrogen and oxygen atoms in total. The summed E-state index contributed by atoms with van der Waals surface area (Å²) in [6.07, 6.45) is 2.01. The third-order valence-electron chi connectivity index (χ3n) is 3.58. The molecule has 136 valence electrons. The van der Waals surface area contributed by atoms with Crippen LogP contribution in [0.15, 0.2) is 41.3 Å². The lowest BCUT2D eigenvalue weighted by atomic mass is 10.1. The van der Waals surface area contributed by atoms with Crippen molar-refractivity contribution in [3.63, 3.8) is 0 Å².